The monoisotopic (exact) mass is 482 g/mol. The summed E-state index contributed by atoms with van der Waals surface area (Å²) in [6.45, 7) is 8.04. The van der Waals surface area contributed by atoms with E-state index in [4.69, 9.17) is 5.41 Å². The summed E-state index contributed by atoms with van der Waals surface area (Å²) in [6, 6.07) is 26.1. The topological polar surface area (TPSA) is 85.3 Å². The van der Waals surface area contributed by atoms with Crippen molar-refractivity contribution in [2.75, 3.05) is 0 Å². The van der Waals surface area contributed by atoms with E-state index < -0.39 is 11.6 Å². The van der Waals surface area contributed by atoms with Gasteiger partial charge in [0.05, 0.1) is 18.5 Å². The molecule has 3 atom stereocenters. The molecule has 0 aliphatic carbocycles. The number of benzene rings is 3. The second kappa shape index (κ2) is 10.4. The van der Waals surface area contributed by atoms with E-state index in [1.807, 2.05) is 92.7 Å². The Morgan fingerprint density at radius 1 is 0.917 bits per heavy atom. The number of hydrogen-bond acceptors (Lipinski definition) is 3. The zero-order valence-electron chi connectivity index (χ0n) is 21.3. The van der Waals surface area contributed by atoms with Crippen molar-refractivity contribution in [3.8, 4) is 0 Å². The van der Waals surface area contributed by atoms with E-state index in [0.29, 0.717) is 5.56 Å². The Kier molecular flexibility index (Phi) is 7.25. The number of guanidine groups is 1. The first-order chi connectivity index (χ1) is 17.2. The largest absolute Gasteiger partial charge is 0.350 e. The van der Waals surface area contributed by atoms with Crippen LogP contribution in [0.15, 0.2) is 84.9 Å². The van der Waals surface area contributed by atoms with Crippen molar-refractivity contribution in [2.24, 2.45) is 5.92 Å². The van der Waals surface area contributed by atoms with Gasteiger partial charge >= 0.3 is 0 Å². The zero-order valence-corrected chi connectivity index (χ0v) is 21.3. The number of amides is 2. The molecule has 0 radical (unpaired) electrons. The van der Waals surface area contributed by atoms with E-state index in [9.17, 15) is 9.59 Å². The highest BCUT2D eigenvalue weighted by Gasteiger charge is 2.43. The van der Waals surface area contributed by atoms with Crippen LogP contribution in [0.4, 0.5) is 0 Å². The maximum atomic E-state index is 13.5. The molecular weight excluding hydrogens is 448 g/mol. The Balaban J connectivity index is 1.67. The maximum absolute atomic E-state index is 13.5. The first kappa shape index (κ1) is 25.2. The van der Waals surface area contributed by atoms with E-state index in [1.165, 1.54) is 4.90 Å². The highest BCUT2D eigenvalue weighted by molar-refractivity contribution is 6.00. The van der Waals surface area contributed by atoms with Crippen molar-refractivity contribution in [3.05, 3.63) is 107 Å². The molecule has 2 amide bonds. The second-order valence-corrected chi connectivity index (χ2v) is 10.0. The number of nitrogens with one attached hydrogen (secondary N) is 3. The Morgan fingerprint density at radius 2 is 1.50 bits per heavy atom. The summed E-state index contributed by atoms with van der Waals surface area (Å²) in [6.07, 6.45) is 0.283. The molecule has 4 rings (SSSR count). The molecule has 3 aromatic carbocycles. The van der Waals surface area contributed by atoms with Crippen molar-refractivity contribution in [1.29, 1.82) is 5.41 Å². The molecule has 186 valence electrons. The molecule has 1 aliphatic rings. The molecule has 0 saturated carbocycles. The number of carbonyl (C=O) groups excluding carboxylic acids is 2. The molecule has 0 spiro atoms. The van der Waals surface area contributed by atoms with Crippen LogP contribution in [-0.2, 0) is 4.79 Å². The molecular formula is C30H34N4O2. The van der Waals surface area contributed by atoms with Crippen molar-refractivity contribution in [3.63, 3.8) is 0 Å². The molecule has 6 heteroatoms. The van der Waals surface area contributed by atoms with Gasteiger partial charge in [0.1, 0.15) is 0 Å². The van der Waals surface area contributed by atoms with Crippen LogP contribution in [0, 0.1) is 11.3 Å². The molecule has 1 heterocycles. The first-order valence-electron chi connectivity index (χ1n) is 12.4. The minimum atomic E-state index is -0.533. The van der Waals surface area contributed by atoms with Gasteiger partial charge in [-0.3, -0.25) is 19.9 Å². The van der Waals surface area contributed by atoms with Crippen LogP contribution in [0.3, 0.4) is 0 Å². The van der Waals surface area contributed by atoms with Crippen LogP contribution in [0.2, 0.25) is 0 Å². The molecule has 1 fully saturated rings. The summed E-state index contributed by atoms with van der Waals surface area (Å²) in [4.78, 5) is 28.2. The van der Waals surface area contributed by atoms with Gasteiger partial charge in [0, 0.05) is 11.1 Å². The fourth-order valence-electron chi connectivity index (χ4n) is 4.60. The van der Waals surface area contributed by atoms with E-state index in [0.717, 1.165) is 16.7 Å². The van der Waals surface area contributed by atoms with Crippen molar-refractivity contribution in [2.45, 2.75) is 51.7 Å². The summed E-state index contributed by atoms with van der Waals surface area (Å²) in [5.74, 6) is -0.0523. The lowest BCUT2D eigenvalue weighted by atomic mass is 9.82. The van der Waals surface area contributed by atoms with Crippen molar-refractivity contribution >= 4 is 17.8 Å². The van der Waals surface area contributed by atoms with Crippen molar-refractivity contribution < 1.29 is 9.59 Å². The predicted octanol–water partition coefficient (Wildman–Crippen LogP) is 5.44. The molecule has 1 aliphatic heterocycles. The van der Waals surface area contributed by atoms with E-state index in [-0.39, 0.29) is 36.2 Å². The van der Waals surface area contributed by atoms with Crippen LogP contribution in [0.25, 0.3) is 0 Å². The molecule has 3 aromatic rings. The SMILES string of the molecule is CC(C)[C@]1(C)CC(=O)N(C(c2ccccc2)c2cccc(C(=O)N[C@@H](C)c3ccccc3)c2)C(=N)N1. The number of hydrogen-bond donors (Lipinski definition) is 3. The quantitative estimate of drug-likeness (QED) is 0.419. The van der Waals surface area contributed by atoms with Crippen molar-refractivity contribution in [1.82, 2.24) is 15.5 Å². The summed E-state index contributed by atoms with van der Waals surface area (Å²) >= 11 is 0. The van der Waals surface area contributed by atoms with Gasteiger partial charge in [0.15, 0.2) is 5.96 Å². The zero-order chi connectivity index (χ0) is 25.9. The normalized spacial score (nSPS) is 19.5. The minimum Gasteiger partial charge on any atom is -0.350 e. The Morgan fingerprint density at radius 3 is 2.08 bits per heavy atom. The van der Waals surface area contributed by atoms with Crippen LogP contribution in [0.1, 0.15) is 73.2 Å². The minimum absolute atomic E-state index is 0.0730. The summed E-state index contributed by atoms with van der Waals surface area (Å²) in [5.41, 5.74) is 2.69. The van der Waals surface area contributed by atoms with E-state index in [1.54, 1.807) is 6.07 Å². The molecule has 0 aromatic heterocycles. The van der Waals surface area contributed by atoms with Crippen LogP contribution in [-0.4, -0.2) is 28.2 Å². The van der Waals surface area contributed by atoms with E-state index in [2.05, 4.69) is 24.5 Å². The molecule has 3 N–H and O–H groups in total. The highest BCUT2D eigenvalue weighted by atomic mass is 16.2. The Bertz CT molecular complexity index is 1220. The standard InChI is InChI=1S/C30H34N4O2/c1-20(2)30(4)19-26(35)34(29(31)33-30)27(23-14-9-6-10-15-23)24-16-11-17-25(18-24)28(36)32-21(3)22-12-7-5-8-13-22/h5-18,20-21,27H,19H2,1-4H3,(H2,31,33)(H,32,36)/t21-,27?,30-/m0/s1. The molecule has 1 unspecified atom stereocenters. The van der Waals surface area contributed by atoms with Gasteiger partial charge < -0.3 is 10.6 Å². The van der Waals surface area contributed by atoms with Crippen LogP contribution < -0.4 is 10.6 Å². The lowest BCUT2D eigenvalue weighted by Crippen LogP contribution is -2.63. The van der Waals surface area contributed by atoms with Gasteiger partial charge in [-0.05, 0) is 48.6 Å². The third-order valence-electron chi connectivity index (χ3n) is 7.19. The van der Waals surface area contributed by atoms with Gasteiger partial charge in [0.25, 0.3) is 5.91 Å². The van der Waals surface area contributed by atoms with Crippen LogP contribution >= 0.6 is 0 Å². The number of nitrogens with zero attached hydrogens (tertiary/aromatic N) is 1. The average Bonchev–Trinajstić information content (AvgIpc) is 2.87. The fraction of sp³-hybridized carbons (Fsp3) is 0.300. The Labute approximate surface area is 213 Å². The first-order valence-corrected chi connectivity index (χ1v) is 12.4. The molecule has 36 heavy (non-hydrogen) atoms. The highest BCUT2D eigenvalue weighted by Crippen LogP contribution is 2.35. The van der Waals surface area contributed by atoms with Gasteiger partial charge in [-0.1, -0.05) is 86.6 Å². The molecule has 0 bridgehead atoms. The maximum Gasteiger partial charge on any atom is 0.251 e. The lowest BCUT2D eigenvalue weighted by Gasteiger charge is -2.45. The predicted molar refractivity (Wildman–Crippen MR) is 143 cm³/mol. The summed E-state index contributed by atoms with van der Waals surface area (Å²) in [7, 11) is 0. The second-order valence-electron chi connectivity index (χ2n) is 10.0. The summed E-state index contributed by atoms with van der Waals surface area (Å²) < 4.78 is 0. The van der Waals surface area contributed by atoms with Gasteiger partial charge in [-0.15, -0.1) is 0 Å². The molecule has 1 saturated heterocycles. The van der Waals surface area contributed by atoms with Gasteiger partial charge in [-0.2, -0.15) is 0 Å². The van der Waals surface area contributed by atoms with Gasteiger partial charge in [0.2, 0.25) is 5.91 Å². The number of carbonyl (C=O) groups is 2. The summed E-state index contributed by atoms with van der Waals surface area (Å²) in [5, 5.41) is 15.1. The lowest BCUT2D eigenvalue weighted by molar-refractivity contribution is -0.132. The fourth-order valence-corrected chi connectivity index (χ4v) is 4.60. The number of rotatable bonds is 7. The average molecular weight is 483 g/mol. The van der Waals surface area contributed by atoms with Crippen LogP contribution in [0.5, 0.6) is 0 Å². The van der Waals surface area contributed by atoms with Gasteiger partial charge in [-0.25, -0.2) is 0 Å². The third kappa shape index (κ3) is 5.18. The molecule has 6 nitrogen and oxygen atoms in total. The Hall–Kier alpha value is -3.93. The van der Waals surface area contributed by atoms with E-state index >= 15 is 0 Å². The third-order valence-corrected chi connectivity index (χ3v) is 7.19. The smallest absolute Gasteiger partial charge is 0.251 e.